The highest BCUT2D eigenvalue weighted by Crippen LogP contribution is 2.09. The SMILES string of the molecule is O=C(COCc1ccccc1)N1CCN(c2ncc[nH]c2=O)CC1. The van der Waals surface area contributed by atoms with E-state index < -0.39 is 0 Å². The number of hydrogen-bond acceptors (Lipinski definition) is 5. The fraction of sp³-hybridized carbons (Fsp3) is 0.353. The summed E-state index contributed by atoms with van der Waals surface area (Å²) in [5.74, 6) is 0.380. The summed E-state index contributed by atoms with van der Waals surface area (Å²) < 4.78 is 5.49. The van der Waals surface area contributed by atoms with Gasteiger partial charge in [0, 0.05) is 38.6 Å². The molecule has 1 aliphatic rings. The number of amides is 1. The smallest absolute Gasteiger partial charge is 0.290 e. The lowest BCUT2D eigenvalue weighted by Gasteiger charge is -2.34. The third-order valence-corrected chi connectivity index (χ3v) is 3.96. The van der Waals surface area contributed by atoms with Gasteiger partial charge in [0.05, 0.1) is 6.61 Å². The lowest BCUT2D eigenvalue weighted by Crippen LogP contribution is -2.51. The van der Waals surface area contributed by atoms with Crippen LogP contribution in [0.2, 0.25) is 0 Å². The van der Waals surface area contributed by atoms with E-state index in [1.807, 2.05) is 35.2 Å². The van der Waals surface area contributed by atoms with E-state index in [4.69, 9.17) is 4.74 Å². The number of ether oxygens (including phenoxy) is 1. The summed E-state index contributed by atoms with van der Waals surface area (Å²) >= 11 is 0. The molecule has 2 aromatic rings. The van der Waals surface area contributed by atoms with E-state index in [-0.39, 0.29) is 18.1 Å². The van der Waals surface area contributed by atoms with E-state index in [2.05, 4.69) is 9.97 Å². The van der Waals surface area contributed by atoms with Crippen molar-refractivity contribution in [2.75, 3.05) is 37.7 Å². The Hall–Kier alpha value is -2.67. The monoisotopic (exact) mass is 328 g/mol. The minimum atomic E-state index is -0.205. The van der Waals surface area contributed by atoms with E-state index in [1.165, 1.54) is 6.20 Å². The Morgan fingerprint density at radius 3 is 2.62 bits per heavy atom. The number of H-pyrrole nitrogens is 1. The van der Waals surface area contributed by atoms with Gasteiger partial charge in [0.2, 0.25) is 5.91 Å². The van der Waals surface area contributed by atoms with Crippen LogP contribution < -0.4 is 10.5 Å². The summed E-state index contributed by atoms with van der Waals surface area (Å²) in [6, 6.07) is 9.76. The van der Waals surface area contributed by atoms with Crippen molar-refractivity contribution in [2.24, 2.45) is 0 Å². The number of benzene rings is 1. The zero-order valence-corrected chi connectivity index (χ0v) is 13.4. The predicted molar refractivity (Wildman–Crippen MR) is 89.7 cm³/mol. The van der Waals surface area contributed by atoms with Crippen molar-refractivity contribution >= 4 is 11.7 Å². The quantitative estimate of drug-likeness (QED) is 0.871. The molecule has 1 fully saturated rings. The molecule has 0 aliphatic carbocycles. The van der Waals surface area contributed by atoms with Crippen molar-refractivity contribution in [3.05, 3.63) is 58.6 Å². The van der Waals surface area contributed by atoms with Crippen LogP contribution in [0.5, 0.6) is 0 Å². The second kappa shape index (κ2) is 7.74. The van der Waals surface area contributed by atoms with Gasteiger partial charge in [0.25, 0.3) is 5.56 Å². The van der Waals surface area contributed by atoms with Gasteiger partial charge in [-0.1, -0.05) is 30.3 Å². The molecule has 0 radical (unpaired) electrons. The summed E-state index contributed by atoms with van der Waals surface area (Å²) in [7, 11) is 0. The molecule has 0 saturated carbocycles. The molecule has 1 aliphatic heterocycles. The molecular weight excluding hydrogens is 308 g/mol. The maximum atomic E-state index is 12.2. The molecule has 1 N–H and O–H groups in total. The zero-order valence-electron chi connectivity index (χ0n) is 13.4. The first-order valence-electron chi connectivity index (χ1n) is 7.92. The Morgan fingerprint density at radius 1 is 1.17 bits per heavy atom. The molecule has 0 bridgehead atoms. The highest BCUT2D eigenvalue weighted by molar-refractivity contribution is 5.77. The fourth-order valence-electron chi connectivity index (χ4n) is 2.66. The number of carbonyl (C=O) groups excluding carboxylic acids is 1. The molecule has 1 aromatic heterocycles. The molecule has 2 heterocycles. The molecule has 3 rings (SSSR count). The van der Waals surface area contributed by atoms with Gasteiger partial charge in [0.15, 0.2) is 5.82 Å². The van der Waals surface area contributed by atoms with Crippen LogP contribution in [0.15, 0.2) is 47.5 Å². The van der Waals surface area contributed by atoms with Crippen LogP contribution in [0.3, 0.4) is 0 Å². The van der Waals surface area contributed by atoms with Crippen molar-refractivity contribution < 1.29 is 9.53 Å². The van der Waals surface area contributed by atoms with E-state index in [9.17, 15) is 9.59 Å². The van der Waals surface area contributed by atoms with Crippen LogP contribution in [0.1, 0.15) is 5.56 Å². The van der Waals surface area contributed by atoms with Gasteiger partial charge in [-0.2, -0.15) is 0 Å². The second-order valence-electron chi connectivity index (χ2n) is 5.59. The van der Waals surface area contributed by atoms with Crippen LogP contribution in [0.25, 0.3) is 0 Å². The number of anilines is 1. The normalized spacial score (nSPS) is 14.7. The Kier molecular flexibility index (Phi) is 5.22. The maximum absolute atomic E-state index is 12.2. The molecule has 1 aromatic carbocycles. The number of nitrogens with zero attached hydrogens (tertiary/aromatic N) is 3. The number of hydrogen-bond donors (Lipinski definition) is 1. The van der Waals surface area contributed by atoms with Crippen LogP contribution in [0.4, 0.5) is 5.82 Å². The Labute approximate surface area is 139 Å². The van der Waals surface area contributed by atoms with Crippen molar-refractivity contribution in [1.82, 2.24) is 14.9 Å². The van der Waals surface area contributed by atoms with Crippen LogP contribution >= 0.6 is 0 Å². The van der Waals surface area contributed by atoms with Crippen LogP contribution in [-0.2, 0) is 16.1 Å². The first-order valence-corrected chi connectivity index (χ1v) is 7.92. The number of carbonyl (C=O) groups is 1. The fourth-order valence-corrected chi connectivity index (χ4v) is 2.66. The Bertz CT molecular complexity index is 724. The van der Waals surface area contributed by atoms with E-state index in [1.54, 1.807) is 11.1 Å². The minimum Gasteiger partial charge on any atom is -0.367 e. The molecule has 0 unspecified atom stereocenters. The van der Waals surface area contributed by atoms with Crippen molar-refractivity contribution in [2.45, 2.75) is 6.61 Å². The van der Waals surface area contributed by atoms with E-state index >= 15 is 0 Å². The van der Waals surface area contributed by atoms with Crippen LogP contribution in [-0.4, -0.2) is 53.6 Å². The van der Waals surface area contributed by atoms with Gasteiger partial charge in [0.1, 0.15) is 6.61 Å². The van der Waals surface area contributed by atoms with E-state index in [0.29, 0.717) is 38.6 Å². The molecular formula is C17H20N4O3. The summed E-state index contributed by atoms with van der Waals surface area (Å²) in [6.45, 7) is 2.79. The molecule has 7 heteroatoms. The first-order chi connectivity index (χ1) is 11.7. The van der Waals surface area contributed by atoms with Gasteiger partial charge in [-0.3, -0.25) is 9.59 Å². The molecule has 24 heavy (non-hydrogen) atoms. The van der Waals surface area contributed by atoms with Gasteiger partial charge in [-0.25, -0.2) is 4.98 Å². The van der Waals surface area contributed by atoms with Crippen molar-refractivity contribution in [3.63, 3.8) is 0 Å². The highest BCUT2D eigenvalue weighted by Gasteiger charge is 2.23. The van der Waals surface area contributed by atoms with E-state index in [0.717, 1.165) is 5.56 Å². The minimum absolute atomic E-state index is 0.0273. The second-order valence-corrected chi connectivity index (χ2v) is 5.59. The molecule has 0 spiro atoms. The van der Waals surface area contributed by atoms with Crippen LogP contribution in [0, 0.1) is 0 Å². The van der Waals surface area contributed by atoms with Gasteiger partial charge >= 0.3 is 0 Å². The Morgan fingerprint density at radius 2 is 1.92 bits per heavy atom. The lowest BCUT2D eigenvalue weighted by molar-refractivity contribution is -0.136. The standard InChI is InChI=1S/C17H20N4O3/c22-15(13-24-12-14-4-2-1-3-5-14)20-8-10-21(11-9-20)16-17(23)19-7-6-18-16/h1-7H,8-13H2,(H,19,23). The molecule has 1 amide bonds. The van der Waals surface area contributed by atoms with Crippen molar-refractivity contribution in [1.29, 1.82) is 0 Å². The summed E-state index contributed by atoms with van der Waals surface area (Å²) in [5, 5.41) is 0. The van der Waals surface area contributed by atoms with Gasteiger partial charge in [-0.05, 0) is 5.56 Å². The Balaban J connectivity index is 1.45. The number of nitrogens with one attached hydrogen (secondary N) is 1. The molecule has 0 atom stereocenters. The summed E-state index contributed by atoms with van der Waals surface area (Å²) in [6.07, 6.45) is 3.07. The number of rotatable bonds is 5. The maximum Gasteiger partial charge on any atom is 0.290 e. The van der Waals surface area contributed by atoms with Crippen molar-refractivity contribution in [3.8, 4) is 0 Å². The van der Waals surface area contributed by atoms with Gasteiger partial charge < -0.3 is 19.5 Å². The number of piperazine rings is 1. The topological polar surface area (TPSA) is 78.5 Å². The third-order valence-electron chi connectivity index (χ3n) is 3.96. The molecule has 1 saturated heterocycles. The zero-order chi connectivity index (χ0) is 16.8. The van der Waals surface area contributed by atoms with Gasteiger partial charge in [-0.15, -0.1) is 0 Å². The first kappa shape index (κ1) is 16.2. The molecule has 7 nitrogen and oxygen atoms in total. The average molecular weight is 328 g/mol. The third kappa shape index (κ3) is 3.99. The summed E-state index contributed by atoms with van der Waals surface area (Å²) in [5.41, 5.74) is 0.841. The summed E-state index contributed by atoms with van der Waals surface area (Å²) in [4.78, 5) is 34.3. The highest BCUT2D eigenvalue weighted by atomic mass is 16.5. The average Bonchev–Trinajstić information content (AvgIpc) is 2.63. The predicted octanol–water partition coefficient (Wildman–Crippen LogP) is 0.635. The lowest BCUT2D eigenvalue weighted by atomic mass is 10.2. The number of aromatic amines is 1. The number of aromatic nitrogens is 2. The molecule has 126 valence electrons. The largest absolute Gasteiger partial charge is 0.367 e.